The van der Waals surface area contributed by atoms with Gasteiger partial charge < -0.3 is 15.1 Å². The van der Waals surface area contributed by atoms with Crippen LogP contribution in [0.25, 0.3) is 0 Å². The zero-order valence-corrected chi connectivity index (χ0v) is 17.0. The quantitative estimate of drug-likeness (QED) is 0.692. The molecule has 0 saturated carbocycles. The molecule has 1 heterocycles. The Hall–Kier alpha value is -2.15. The Morgan fingerprint density at radius 1 is 1.26 bits per heavy atom. The van der Waals surface area contributed by atoms with Gasteiger partial charge in [0, 0.05) is 19.0 Å². The molecule has 1 aliphatic rings. The number of aliphatic hydroxyl groups is 2. The fourth-order valence-electron chi connectivity index (χ4n) is 3.49. The summed E-state index contributed by atoms with van der Waals surface area (Å²) < 4.78 is 0. The van der Waals surface area contributed by atoms with Gasteiger partial charge in [0.2, 0.25) is 5.91 Å². The van der Waals surface area contributed by atoms with Crippen molar-refractivity contribution in [2.45, 2.75) is 54.1 Å². The molecule has 0 fully saturated rings. The van der Waals surface area contributed by atoms with Gasteiger partial charge >= 0.3 is 0 Å². The maximum absolute atomic E-state index is 12.7. The Labute approximate surface area is 161 Å². The van der Waals surface area contributed by atoms with Crippen LogP contribution >= 0.6 is 0 Å². The molecular weight excluding hydrogens is 342 g/mol. The number of aryl methyl sites for hydroxylation is 2. The van der Waals surface area contributed by atoms with Crippen LogP contribution in [0.2, 0.25) is 0 Å². The number of nitrogens with zero attached hydrogens (tertiary/aromatic N) is 2. The molecule has 148 valence electrons. The monoisotopic (exact) mass is 373 g/mol. The Balaban J connectivity index is 2.74. The largest absolute Gasteiger partial charge is 0.374 e. The Kier molecular flexibility index (Phi) is 6.81. The third-order valence-electron chi connectivity index (χ3n) is 4.58. The van der Waals surface area contributed by atoms with E-state index < -0.39 is 12.6 Å². The Morgan fingerprint density at radius 2 is 1.85 bits per heavy atom. The molecule has 0 aromatic heterocycles. The molecule has 0 bridgehead atoms. The van der Waals surface area contributed by atoms with Crippen LogP contribution in [0.5, 0.6) is 0 Å². The van der Waals surface area contributed by atoms with Crippen molar-refractivity contribution in [3.05, 3.63) is 52.9 Å². The zero-order chi connectivity index (χ0) is 20.3. The highest BCUT2D eigenvalue weighted by molar-refractivity contribution is 5.95. The molecule has 2 unspecified atom stereocenters. The van der Waals surface area contributed by atoms with Crippen molar-refractivity contribution in [2.75, 3.05) is 11.4 Å². The smallest absolute Gasteiger partial charge is 0.229 e. The van der Waals surface area contributed by atoms with Gasteiger partial charge in [-0.05, 0) is 49.9 Å². The van der Waals surface area contributed by atoms with E-state index in [1.54, 1.807) is 9.80 Å². The highest BCUT2D eigenvalue weighted by Gasteiger charge is 2.37. The van der Waals surface area contributed by atoms with Crippen molar-refractivity contribution in [3.63, 3.8) is 0 Å². The fraction of sp³-hybridized carbons (Fsp3) is 0.476. The molecule has 1 amide bonds. The van der Waals surface area contributed by atoms with E-state index in [9.17, 15) is 15.0 Å². The van der Waals surface area contributed by atoms with Crippen molar-refractivity contribution < 1.29 is 15.0 Å². The summed E-state index contributed by atoms with van der Waals surface area (Å²) in [5.41, 5.74) is 3.47. The number of anilines is 1. The maximum Gasteiger partial charge on any atom is 0.229 e. The third-order valence-corrected chi connectivity index (χ3v) is 4.58. The van der Waals surface area contributed by atoms with Gasteiger partial charge in [0.15, 0.2) is 6.35 Å². The van der Waals surface area contributed by atoms with E-state index in [-0.39, 0.29) is 11.8 Å². The molecule has 2 atom stereocenters. The van der Waals surface area contributed by atoms with E-state index in [1.807, 2.05) is 65.0 Å². The van der Waals surface area contributed by atoms with Crippen molar-refractivity contribution in [1.29, 1.82) is 0 Å². The summed E-state index contributed by atoms with van der Waals surface area (Å²) in [6.45, 7) is 11.7. The van der Waals surface area contributed by atoms with Gasteiger partial charge in [0.1, 0.15) is 12.0 Å². The molecule has 27 heavy (non-hydrogen) atoms. The predicted octanol–water partition coefficient (Wildman–Crippen LogP) is 2.60. The maximum atomic E-state index is 12.7. The van der Waals surface area contributed by atoms with E-state index in [0.717, 1.165) is 16.8 Å². The minimum atomic E-state index is -1.11. The fourth-order valence-corrected chi connectivity index (χ4v) is 3.49. The van der Waals surface area contributed by atoms with Crippen LogP contribution in [0, 0.1) is 19.8 Å². The standard InChI is InChI=1S/C21H31N3O3/c1-7-8-9-23-20(18(13(2)3)19(26)22-21(23)27)24(16(6)25)17-11-14(4)10-15(5)12-17/h7-8,10-13,19,21-22,26-27H,9H2,1-6H3/b8-7+. The predicted molar refractivity (Wildman–Crippen MR) is 108 cm³/mol. The average molecular weight is 373 g/mol. The van der Waals surface area contributed by atoms with Crippen molar-refractivity contribution in [1.82, 2.24) is 10.2 Å². The summed E-state index contributed by atoms with van der Waals surface area (Å²) in [6.07, 6.45) is 1.64. The highest BCUT2D eigenvalue weighted by atomic mass is 16.3. The lowest BCUT2D eigenvalue weighted by Gasteiger charge is -2.44. The first-order valence-corrected chi connectivity index (χ1v) is 9.30. The minimum Gasteiger partial charge on any atom is -0.374 e. The second kappa shape index (κ2) is 8.69. The number of hydrogen-bond acceptors (Lipinski definition) is 5. The second-order valence-electron chi connectivity index (χ2n) is 7.30. The van der Waals surface area contributed by atoms with E-state index >= 15 is 0 Å². The zero-order valence-electron chi connectivity index (χ0n) is 17.0. The Morgan fingerprint density at radius 3 is 2.33 bits per heavy atom. The van der Waals surface area contributed by atoms with E-state index in [1.165, 1.54) is 6.92 Å². The van der Waals surface area contributed by atoms with Gasteiger partial charge in [-0.1, -0.05) is 32.1 Å². The molecule has 2 rings (SSSR count). The number of rotatable bonds is 5. The van der Waals surface area contributed by atoms with Gasteiger partial charge in [0.05, 0.1) is 5.69 Å². The molecule has 1 aromatic carbocycles. The van der Waals surface area contributed by atoms with Gasteiger partial charge in [-0.25, -0.2) is 5.32 Å². The summed E-state index contributed by atoms with van der Waals surface area (Å²) in [7, 11) is 0. The number of aliphatic hydroxyl groups excluding tert-OH is 2. The first kappa shape index (κ1) is 21.2. The summed E-state index contributed by atoms with van der Waals surface area (Å²) in [4.78, 5) is 16.0. The molecule has 1 aromatic rings. The lowest BCUT2D eigenvalue weighted by molar-refractivity contribution is -0.117. The van der Waals surface area contributed by atoms with Gasteiger partial charge in [-0.3, -0.25) is 9.69 Å². The van der Waals surface area contributed by atoms with Crippen LogP contribution in [0.1, 0.15) is 38.8 Å². The SMILES string of the molecule is C/C=C/CN1C(N(C(C)=O)c2cc(C)cc(C)c2)=C(C(C)C)C(O)NC1O. The first-order valence-electron chi connectivity index (χ1n) is 9.30. The minimum absolute atomic E-state index is 0.0316. The number of amides is 1. The van der Waals surface area contributed by atoms with Gasteiger partial charge in [0.25, 0.3) is 0 Å². The molecule has 6 heteroatoms. The summed E-state index contributed by atoms with van der Waals surface area (Å²) in [5, 5.41) is 23.9. The topological polar surface area (TPSA) is 76.0 Å². The third kappa shape index (κ3) is 4.58. The van der Waals surface area contributed by atoms with Crippen molar-refractivity contribution in [3.8, 4) is 0 Å². The summed E-state index contributed by atoms with van der Waals surface area (Å²) >= 11 is 0. The molecule has 3 N–H and O–H groups in total. The van der Waals surface area contributed by atoms with Crippen molar-refractivity contribution >= 4 is 11.6 Å². The highest BCUT2D eigenvalue weighted by Crippen LogP contribution is 2.33. The van der Waals surface area contributed by atoms with Crippen LogP contribution in [0.15, 0.2) is 41.7 Å². The lowest BCUT2D eigenvalue weighted by atomic mass is 9.98. The van der Waals surface area contributed by atoms with Crippen molar-refractivity contribution in [2.24, 2.45) is 5.92 Å². The molecular formula is C21H31N3O3. The summed E-state index contributed by atoms with van der Waals surface area (Å²) in [5.74, 6) is 0.315. The molecule has 0 saturated heterocycles. The van der Waals surface area contributed by atoms with E-state index in [2.05, 4.69) is 5.32 Å². The number of benzene rings is 1. The van der Waals surface area contributed by atoms with Gasteiger partial charge in [-0.2, -0.15) is 0 Å². The number of nitrogens with one attached hydrogen (secondary N) is 1. The first-order chi connectivity index (χ1) is 12.7. The van der Waals surface area contributed by atoms with Crippen LogP contribution < -0.4 is 10.2 Å². The lowest BCUT2D eigenvalue weighted by Crippen LogP contribution is -2.59. The molecule has 1 aliphatic heterocycles. The van der Waals surface area contributed by atoms with Crippen LogP contribution in [0.4, 0.5) is 5.69 Å². The van der Waals surface area contributed by atoms with E-state index in [0.29, 0.717) is 17.9 Å². The number of allylic oxidation sites excluding steroid dienone is 1. The molecule has 0 spiro atoms. The number of carbonyl (C=O) groups is 1. The van der Waals surface area contributed by atoms with Crippen LogP contribution in [-0.2, 0) is 4.79 Å². The Bertz CT molecular complexity index is 735. The molecule has 6 nitrogen and oxygen atoms in total. The number of carbonyl (C=O) groups excluding carboxylic acids is 1. The molecule has 0 aliphatic carbocycles. The van der Waals surface area contributed by atoms with E-state index in [4.69, 9.17) is 0 Å². The van der Waals surface area contributed by atoms with Crippen LogP contribution in [-0.4, -0.2) is 40.1 Å². The normalized spacial score (nSPS) is 20.7. The van der Waals surface area contributed by atoms with Crippen LogP contribution in [0.3, 0.4) is 0 Å². The second-order valence-corrected chi connectivity index (χ2v) is 7.30. The average Bonchev–Trinajstić information content (AvgIpc) is 2.52. The number of hydrogen-bond donors (Lipinski definition) is 3. The van der Waals surface area contributed by atoms with Gasteiger partial charge in [-0.15, -0.1) is 0 Å². The summed E-state index contributed by atoms with van der Waals surface area (Å²) in [6, 6.07) is 5.92. The molecule has 0 radical (unpaired) electrons.